The van der Waals surface area contributed by atoms with Crippen molar-refractivity contribution in [2.45, 2.75) is 38.5 Å². The molecule has 0 bridgehead atoms. The number of aromatic nitrogens is 1. The summed E-state index contributed by atoms with van der Waals surface area (Å²) in [6.07, 6.45) is 3.81. The fourth-order valence-corrected chi connectivity index (χ4v) is 4.24. The lowest BCUT2D eigenvalue weighted by Crippen LogP contribution is -2.41. The molecule has 1 aromatic heterocycles. The zero-order valence-electron chi connectivity index (χ0n) is 16.2. The first kappa shape index (κ1) is 18.7. The van der Waals surface area contributed by atoms with E-state index in [1.54, 1.807) is 0 Å². The highest BCUT2D eigenvalue weighted by atomic mass is 16.6. The van der Waals surface area contributed by atoms with Gasteiger partial charge in [-0.15, -0.1) is 0 Å². The number of hydrogen-bond donors (Lipinski definition) is 0. The Labute approximate surface area is 161 Å². The fourth-order valence-electron chi connectivity index (χ4n) is 4.24. The molecular weight excluding hydrogens is 344 g/mol. The number of hydrogen-bond acceptors (Lipinski definition) is 6. The molecule has 0 aromatic carbocycles. The fraction of sp³-hybridized carbons (Fsp3) is 0.700. The van der Waals surface area contributed by atoms with Crippen LogP contribution in [0.3, 0.4) is 0 Å². The van der Waals surface area contributed by atoms with E-state index in [4.69, 9.17) is 9.47 Å². The minimum absolute atomic E-state index is 0.00389. The smallest absolute Gasteiger partial charge is 0.410 e. The Bertz CT molecular complexity index is 633. The summed E-state index contributed by atoms with van der Waals surface area (Å²) in [5.74, 6) is 0. The number of nitrogens with zero attached hydrogens (tertiary/aromatic N) is 4. The van der Waals surface area contributed by atoms with Gasteiger partial charge in [-0.1, -0.05) is 13.0 Å². The average Bonchev–Trinajstić information content (AvgIpc) is 3.20. The van der Waals surface area contributed by atoms with Crippen molar-refractivity contribution in [1.82, 2.24) is 19.7 Å². The number of morpholine rings is 1. The van der Waals surface area contributed by atoms with Crippen LogP contribution in [0.2, 0.25) is 0 Å². The molecule has 1 aromatic rings. The van der Waals surface area contributed by atoms with Gasteiger partial charge in [0.1, 0.15) is 6.10 Å². The van der Waals surface area contributed by atoms with Gasteiger partial charge in [0.2, 0.25) is 0 Å². The van der Waals surface area contributed by atoms with Gasteiger partial charge >= 0.3 is 6.09 Å². The molecule has 3 aliphatic rings. The first-order valence-electron chi connectivity index (χ1n) is 10.2. The van der Waals surface area contributed by atoms with Crippen molar-refractivity contribution in [3.8, 4) is 0 Å². The molecule has 0 unspecified atom stereocenters. The maximum absolute atomic E-state index is 12.2. The molecule has 3 fully saturated rings. The van der Waals surface area contributed by atoms with Gasteiger partial charge in [0, 0.05) is 52.0 Å². The van der Waals surface area contributed by atoms with Gasteiger partial charge in [-0.05, 0) is 24.5 Å². The molecule has 3 aliphatic heterocycles. The van der Waals surface area contributed by atoms with Crippen molar-refractivity contribution in [2.24, 2.45) is 0 Å². The highest BCUT2D eigenvalue weighted by molar-refractivity contribution is 5.71. The third-order valence-electron chi connectivity index (χ3n) is 5.86. The zero-order valence-corrected chi connectivity index (χ0v) is 16.2. The summed E-state index contributed by atoms with van der Waals surface area (Å²) in [7, 11) is 0. The van der Waals surface area contributed by atoms with Crippen LogP contribution in [0, 0.1) is 0 Å². The van der Waals surface area contributed by atoms with E-state index >= 15 is 0 Å². The van der Waals surface area contributed by atoms with Crippen LogP contribution >= 0.6 is 0 Å². The van der Waals surface area contributed by atoms with E-state index in [-0.39, 0.29) is 18.2 Å². The summed E-state index contributed by atoms with van der Waals surface area (Å²) in [5, 5.41) is 0. The SMILES string of the molecule is CCc1ccc(CN2C[C@H]3OC(=O)N(CCCN4CCOCC4)[C@H]3C2)nc1. The topological polar surface area (TPSA) is 58.1 Å². The third kappa shape index (κ3) is 4.42. The second-order valence-corrected chi connectivity index (χ2v) is 7.70. The number of fused-ring (bicyclic) bond motifs is 1. The quantitative estimate of drug-likeness (QED) is 0.719. The second-order valence-electron chi connectivity index (χ2n) is 7.70. The Morgan fingerprint density at radius 2 is 2.00 bits per heavy atom. The molecule has 0 N–H and O–H groups in total. The van der Waals surface area contributed by atoms with Gasteiger partial charge in [0.15, 0.2) is 0 Å². The molecule has 4 rings (SSSR count). The van der Waals surface area contributed by atoms with Crippen LogP contribution in [0.4, 0.5) is 4.79 Å². The maximum Gasteiger partial charge on any atom is 0.410 e. The number of ether oxygens (including phenoxy) is 2. The van der Waals surface area contributed by atoms with Crippen LogP contribution in [-0.4, -0.2) is 90.4 Å². The largest absolute Gasteiger partial charge is 0.442 e. The molecule has 4 heterocycles. The van der Waals surface area contributed by atoms with Crippen molar-refractivity contribution < 1.29 is 14.3 Å². The lowest BCUT2D eigenvalue weighted by Gasteiger charge is -2.28. The Balaban J connectivity index is 1.27. The number of amides is 1. The number of aryl methyl sites for hydroxylation is 1. The Morgan fingerprint density at radius 3 is 2.74 bits per heavy atom. The minimum atomic E-state index is -0.142. The molecule has 27 heavy (non-hydrogen) atoms. The summed E-state index contributed by atoms with van der Waals surface area (Å²) in [6.45, 7) is 10.0. The van der Waals surface area contributed by atoms with Crippen molar-refractivity contribution >= 4 is 6.09 Å². The molecule has 7 nitrogen and oxygen atoms in total. The van der Waals surface area contributed by atoms with Crippen LogP contribution in [0.15, 0.2) is 18.3 Å². The van der Waals surface area contributed by atoms with E-state index in [1.807, 2.05) is 11.1 Å². The predicted molar refractivity (Wildman–Crippen MR) is 102 cm³/mol. The summed E-state index contributed by atoms with van der Waals surface area (Å²) in [4.78, 5) is 23.5. The van der Waals surface area contributed by atoms with Crippen LogP contribution in [0.25, 0.3) is 0 Å². The van der Waals surface area contributed by atoms with Crippen LogP contribution in [0.5, 0.6) is 0 Å². The Morgan fingerprint density at radius 1 is 1.15 bits per heavy atom. The van der Waals surface area contributed by atoms with Crippen molar-refractivity contribution in [3.63, 3.8) is 0 Å². The molecule has 3 saturated heterocycles. The van der Waals surface area contributed by atoms with Crippen molar-refractivity contribution in [2.75, 3.05) is 52.5 Å². The third-order valence-corrected chi connectivity index (χ3v) is 5.86. The normalized spacial score (nSPS) is 26.4. The number of pyridine rings is 1. The molecule has 0 spiro atoms. The van der Waals surface area contributed by atoms with Gasteiger partial charge in [0.05, 0.1) is 24.9 Å². The average molecular weight is 374 g/mol. The number of carbonyl (C=O) groups excluding carboxylic acids is 1. The van der Waals surface area contributed by atoms with Crippen molar-refractivity contribution in [3.05, 3.63) is 29.6 Å². The van der Waals surface area contributed by atoms with Gasteiger partial charge in [-0.25, -0.2) is 4.79 Å². The van der Waals surface area contributed by atoms with E-state index in [1.165, 1.54) is 5.56 Å². The maximum atomic E-state index is 12.2. The van der Waals surface area contributed by atoms with Gasteiger partial charge < -0.3 is 14.4 Å². The van der Waals surface area contributed by atoms with Crippen molar-refractivity contribution in [1.29, 1.82) is 0 Å². The molecule has 0 saturated carbocycles. The van der Waals surface area contributed by atoms with E-state index in [0.717, 1.165) is 77.6 Å². The summed E-state index contributed by atoms with van der Waals surface area (Å²) in [5.41, 5.74) is 2.34. The summed E-state index contributed by atoms with van der Waals surface area (Å²) < 4.78 is 11.0. The molecule has 2 atom stereocenters. The lowest BCUT2D eigenvalue weighted by molar-refractivity contribution is 0.0362. The first-order chi connectivity index (χ1) is 13.2. The lowest BCUT2D eigenvalue weighted by atomic mass is 10.2. The Hall–Kier alpha value is -1.70. The van der Waals surface area contributed by atoms with Crippen LogP contribution in [-0.2, 0) is 22.4 Å². The number of carbonyl (C=O) groups is 1. The highest BCUT2D eigenvalue weighted by Crippen LogP contribution is 2.28. The molecule has 1 amide bonds. The van der Waals surface area contributed by atoms with Crippen LogP contribution < -0.4 is 0 Å². The number of likely N-dealkylation sites (tertiary alicyclic amines) is 1. The van der Waals surface area contributed by atoms with E-state index in [9.17, 15) is 4.79 Å². The van der Waals surface area contributed by atoms with Crippen LogP contribution in [0.1, 0.15) is 24.6 Å². The molecule has 7 heteroatoms. The molecular formula is C20H30N4O3. The van der Waals surface area contributed by atoms with Gasteiger partial charge in [-0.3, -0.25) is 14.8 Å². The van der Waals surface area contributed by atoms with E-state index < -0.39 is 0 Å². The molecule has 0 aliphatic carbocycles. The van der Waals surface area contributed by atoms with Gasteiger partial charge in [0.25, 0.3) is 0 Å². The van der Waals surface area contributed by atoms with Gasteiger partial charge in [-0.2, -0.15) is 0 Å². The highest BCUT2D eigenvalue weighted by Gasteiger charge is 2.47. The standard InChI is InChI=1S/C20H30N4O3/c1-2-16-4-5-17(21-12-16)13-23-14-18-19(15-23)27-20(25)24(18)7-3-6-22-8-10-26-11-9-22/h4-5,12,18-19H,2-3,6-11,13-15H2,1H3/t18-,19+/m0/s1. The summed E-state index contributed by atoms with van der Waals surface area (Å²) in [6, 6.07) is 4.44. The molecule has 0 radical (unpaired) electrons. The first-order valence-corrected chi connectivity index (χ1v) is 10.2. The number of rotatable bonds is 7. The predicted octanol–water partition coefficient (Wildman–Crippen LogP) is 1.37. The monoisotopic (exact) mass is 374 g/mol. The van der Waals surface area contributed by atoms with E-state index in [2.05, 4.69) is 33.8 Å². The Kier molecular flexibility index (Phi) is 5.90. The second kappa shape index (κ2) is 8.54. The van der Waals surface area contributed by atoms with E-state index in [0.29, 0.717) is 0 Å². The minimum Gasteiger partial charge on any atom is -0.442 e. The molecule has 148 valence electrons. The zero-order chi connectivity index (χ0) is 18.6. The summed E-state index contributed by atoms with van der Waals surface area (Å²) >= 11 is 0.